The summed E-state index contributed by atoms with van der Waals surface area (Å²) in [6.07, 6.45) is 7.60. The molecule has 0 aromatic carbocycles. The molecule has 134 valence electrons. The highest BCUT2D eigenvalue weighted by atomic mass is 16.2. The molecule has 1 amide bonds. The molecule has 1 aliphatic rings. The molecule has 0 saturated carbocycles. The van der Waals surface area contributed by atoms with Crippen molar-refractivity contribution in [3.8, 4) is 0 Å². The van der Waals surface area contributed by atoms with Gasteiger partial charge in [0.25, 0.3) is 0 Å². The lowest BCUT2D eigenvalue weighted by molar-refractivity contribution is -0.123. The molecule has 0 bridgehead atoms. The predicted molar refractivity (Wildman–Crippen MR) is 96.5 cm³/mol. The molecule has 1 atom stereocenters. The maximum Gasteiger partial charge on any atom is 0.242 e. The minimum atomic E-state index is -0.275. The van der Waals surface area contributed by atoms with Crippen molar-refractivity contribution in [2.45, 2.75) is 65.3 Å². The van der Waals surface area contributed by atoms with Crippen molar-refractivity contribution < 1.29 is 4.79 Å². The van der Waals surface area contributed by atoms with Crippen molar-refractivity contribution in [1.82, 2.24) is 24.8 Å². The summed E-state index contributed by atoms with van der Waals surface area (Å²) in [6, 6.07) is -0.275. The van der Waals surface area contributed by atoms with E-state index in [4.69, 9.17) is 0 Å². The van der Waals surface area contributed by atoms with Crippen LogP contribution in [0, 0.1) is 6.92 Å². The van der Waals surface area contributed by atoms with E-state index in [2.05, 4.69) is 41.0 Å². The lowest BCUT2D eigenvalue weighted by atomic mass is 10.2. The number of amides is 1. The smallest absolute Gasteiger partial charge is 0.242 e. The molecule has 6 heteroatoms. The Bertz CT molecular complexity index is 765. The minimum absolute atomic E-state index is 0.00205. The summed E-state index contributed by atoms with van der Waals surface area (Å²) in [5.41, 5.74) is 3.61. The summed E-state index contributed by atoms with van der Waals surface area (Å²) in [5, 5.41) is 3.00. The van der Waals surface area contributed by atoms with Gasteiger partial charge in [0.15, 0.2) is 0 Å². The number of hydrogen-bond donors (Lipinski definition) is 1. The van der Waals surface area contributed by atoms with E-state index >= 15 is 0 Å². The normalized spacial score (nSPS) is 14.6. The summed E-state index contributed by atoms with van der Waals surface area (Å²) in [6.45, 7) is 8.67. The van der Waals surface area contributed by atoms with Crippen LogP contribution in [-0.2, 0) is 24.1 Å². The Balaban J connectivity index is 1.58. The zero-order chi connectivity index (χ0) is 18.0. The van der Waals surface area contributed by atoms with Gasteiger partial charge < -0.3 is 9.88 Å². The summed E-state index contributed by atoms with van der Waals surface area (Å²) < 4.78 is 1.94. The Morgan fingerprint density at radius 1 is 1.28 bits per heavy atom. The van der Waals surface area contributed by atoms with E-state index in [1.54, 1.807) is 6.20 Å². The van der Waals surface area contributed by atoms with Gasteiger partial charge in [0.05, 0.1) is 0 Å². The molecule has 0 fully saturated rings. The first-order valence-electron chi connectivity index (χ1n) is 9.13. The predicted octanol–water partition coefficient (Wildman–Crippen LogP) is 2.51. The molecule has 0 radical (unpaired) electrons. The van der Waals surface area contributed by atoms with E-state index in [0.717, 1.165) is 30.2 Å². The molecule has 25 heavy (non-hydrogen) atoms. The highest BCUT2D eigenvalue weighted by Crippen LogP contribution is 2.22. The van der Waals surface area contributed by atoms with E-state index in [9.17, 15) is 4.79 Å². The number of carbonyl (C=O) groups is 1. The number of aryl methyl sites for hydroxylation is 2. The summed E-state index contributed by atoms with van der Waals surface area (Å²) in [4.78, 5) is 26.1. The standard InChI is InChI=1S/C19H27N5O/c1-12(2)18-20-10-11-24(18)14(4)19(25)21-9-8-17-22-13(3)15-6-5-7-16(15)23-17/h10-12,14H,5-9H2,1-4H3,(H,21,25)/t14-/m0/s1. The van der Waals surface area contributed by atoms with Crippen molar-refractivity contribution in [2.24, 2.45) is 0 Å². The van der Waals surface area contributed by atoms with Crippen LogP contribution in [0.1, 0.15) is 67.8 Å². The van der Waals surface area contributed by atoms with Crippen LogP contribution in [0.5, 0.6) is 0 Å². The number of fused-ring (bicyclic) bond motifs is 1. The van der Waals surface area contributed by atoms with Crippen LogP contribution in [0.15, 0.2) is 12.4 Å². The molecule has 2 aromatic heterocycles. The molecule has 6 nitrogen and oxygen atoms in total. The molecule has 0 aliphatic heterocycles. The third-order valence-corrected chi connectivity index (χ3v) is 4.85. The lowest BCUT2D eigenvalue weighted by Gasteiger charge is -2.17. The van der Waals surface area contributed by atoms with Gasteiger partial charge in [-0.05, 0) is 38.7 Å². The second-order valence-electron chi connectivity index (χ2n) is 7.07. The quantitative estimate of drug-likeness (QED) is 0.876. The van der Waals surface area contributed by atoms with Crippen molar-refractivity contribution in [1.29, 1.82) is 0 Å². The number of imidazole rings is 1. The van der Waals surface area contributed by atoms with Gasteiger partial charge in [0.1, 0.15) is 17.7 Å². The number of carbonyl (C=O) groups excluding carboxylic acids is 1. The fraction of sp³-hybridized carbons (Fsp3) is 0.579. The first-order chi connectivity index (χ1) is 12.0. The lowest BCUT2D eigenvalue weighted by Crippen LogP contribution is -2.33. The maximum atomic E-state index is 12.5. The number of aromatic nitrogens is 4. The Labute approximate surface area is 149 Å². The highest BCUT2D eigenvalue weighted by molar-refractivity contribution is 5.79. The van der Waals surface area contributed by atoms with E-state index in [1.165, 1.54) is 17.7 Å². The SMILES string of the molecule is Cc1nc(CCNC(=O)[C@H](C)n2ccnc2C(C)C)nc2c1CCC2. The molecule has 1 aliphatic carbocycles. The van der Waals surface area contributed by atoms with E-state index < -0.39 is 0 Å². The van der Waals surface area contributed by atoms with E-state index in [-0.39, 0.29) is 17.9 Å². The molecule has 0 saturated heterocycles. The third kappa shape index (κ3) is 3.72. The molecular weight excluding hydrogens is 314 g/mol. The van der Waals surface area contributed by atoms with Crippen molar-refractivity contribution in [3.63, 3.8) is 0 Å². The summed E-state index contributed by atoms with van der Waals surface area (Å²) in [5.74, 6) is 2.04. The Hall–Kier alpha value is -2.24. The number of nitrogens with one attached hydrogen (secondary N) is 1. The van der Waals surface area contributed by atoms with Crippen LogP contribution in [0.25, 0.3) is 0 Å². The fourth-order valence-corrected chi connectivity index (χ4v) is 3.47. The zero-order valence-corrected chi connectivity index (χ0v) is 15.5. The average molecular weight is 341 g/mol. The first-order valence-corrected chi connectivity index (χ1v) is 9.13. The second-order valence-corrected chi connectivity index (χ2v) is 7.07. The van der Waals surface area contributed by atoms with Gasteiger partial charge in [0.2, 0.25) is 5.91 Å². The van der Waals surface area contributed by atoms with Crippen molar-refractivity contribution in [3.05, 3.63) is 41.0 Å². The third-order valence-electron chi connectivity index (χ3n) is 4.85. The largest absolute Gasteiger partial charge is 0.354 e. The zero-order valence-electron chi connectivity index (χ0n) is 15.5. The molecule has 2 aromatic rings. The van der Waals surface area contributed by atoms with Crippen molar-refractivity contribution >= 4 is 5.91 Å². The Kier molecular flexibility index (Phi) is 5.16. The fourth-order valence-electron chi connectivity index (χ4n) is 3.47. The molecule has 1 N–H and O–H groups in total. The Morgan fingerprint density at radius 3 is 2.84 bits per heavy atom. The van der Waals surface area contributed by atoms with Gasteiger partial charge in [-0.1, -0.05) is 13.8 Å². The van der Waals surface area contributed by atoms with Crippen molar-refractivity contribution in [2.75, 3.05) is 6.54 Å². The van der Waals surface area contributed by atoms with Gasteiger partial charge in [-0.15, -0.1) is 0 Å². The number of rotatable bonds is 6. The topological polar surface area (TPSA) is 72.7 Å². The number of hydrogen-bond acceptors (Lipinski definition) is 4. The summed E-state index contributed by atoms with van der Waals surface area (Å²) in [7, 11) is 0. The molecular formula is C19H27N5O. The molecule has 3 rings (SSSR count). The number of nitrogens with zero attached hydrogens (tertiary/aromatic N) is 4. The molecule has 0 spiro atoms. The van der Waals surface area contributed by atoms with Crippen LogP contribution in [0.3, 0.4) is 0 Å². The molecule has 2 heterocycles. The first kappa shape index (κ1) is 17.6. The van der Waals surface area contributed by atoms with Gasteiger partial charge in [-0.3, -0.25) is 4.79 Å². The van der Waals surface area contributed by atoms with Gasteiger partial charge in [0, 0.05) is 42.7 Å². The average Bonchev–Trinajstić information content (AvgIpc) is 3.23. The molecule has 0 unspecified atom stereocenters. The van der Waals surface area contributed by atoms with Crippen LogP contribution in [-0.4, -0.2) is 32.0 Å². The maximum absolute atomic E-state index is 12.5. The van der Waals surface area contributed by atoms with Crippen LogP contribution in [0.2, 0.25) is 0 Å². The van der Waals surface area contributed by atoms with Crippen LogP contribution in [0.4, 0.5) is 0 Å². The summed E-state index contributed by atoms with van der Waals surface area (Å²) >= 11 is 0. The second kappa shape index (κ2) is 7.33. The Morgan fingerprint density at radius 2 is 2.08 bits per heavy atom. The van der Waals surface area contributed by atoms with Crippen LogP contribution < -0.4 is 5.32 Å². The van der Waals surface area contributed by atoms with Gasteiger partial charge in [-0.25, -0.2) is 15.0 Å². The van der Waals surface area contributed by atoms with Gasteiger partial charge >= 0.3 is 0 Å². The minimum Gasteiger partial charge on any atom is -0.354 e. The monoisotopic (exact) mass is 341 g/mol. The van der Waals surface area contributed by atoms with Crippen LogP contribution >= 0.6 is 0 Å². The van der Waals surface area contributed by atoms with E-state index in [1.807, 2.05) is 17.7 Å². The van der Waals surface area contributed by atoms with Gasteiger partial charge in [-0.2, -0.15) is 0 Å². The highest BCUT2D eigenvalue weighted by Gasteiger charge is 2.20. The van der Waals surface area contributed by atoms with E-state index in [0.29, 0.717) is 13.0 Å².